The largest absolute Gasteiger partial charge is 0.508 e. The summed E-state index contributed by atoms with van der Waals surface area (Å²) in [5.41, 5.74) is 1.20. The smallest absolute Gasteiger partial charge is 0.311 e. The Balaban J connectivity index is 0.00000102. The van der Waals surface area contributed by atoms with Gasteiger partial charge in [0, 0.05) is 12.1 Å². The van der Waals surface area contributed by atoms with Crippen molar-refractivity contribution in [3.63, 3.8) is 0 Å². The molecule has 3 fully saturated rings. The van der Waals surface area contributed by atoms with Crippen molar-refractivity contribution >= 4 is 16.7 Å². The minimum atomic E-state index is -0.219. The van der Waals surface area contributed by atoms with Gasteiger partial charge in [-0.25, -0.2) is 0 Å². The molecular weight excluding hydrogens is 338 g/mol. The quantitative estimate of drug-likeness (QED) is 0.751. The number of rotatable bonds is 4. The number of hydrogen-bond acceptors (Lipinski definition) is 4. The number of ether oxygens (including phenoxy) is 1. The molecule has 0 spiro atoms. The maximum atomic E-state index is 12.1. The number of nitrogens with one attached hydrogen (secondary N) is 1. The summed E-state index contributed by atoms with van der Waals surface area (Å²) >= 11 is 0. The Labute approximate surface area is 161 Å². The van der Waals surface area contributed by atoms with Crippen molar-refractivity contribution in [1.82, 2.24) is 5.32 Å². The SMILES string of the molecule is CC.COC(=O)C12CCC(NCc3ccc4cc(O)ccc4c3)(CC1)CC2. The first-order valence-corrected chi connectivity index (χ1v) is 10.1. The number of hydrogen-bond donors (Lipinski definition) is 2. The van der Waals surface area contributed by atoms with Gasteiger partial charge in [0.2, 0.25) is 0 Å². The van der Waals surface area contributed by atoms with Crippen LogP contribution in [0.15, 0.2) is 36.4 Å². The molecule has 0 amide bonds. The van der Waals surface area contributed by atoms with Crippen molar-refractivity contribution in [1.29, 1.82) is 0 Å². The lowest BCUT2D eigenvalue weighted by Gasteiger charge is -2.52. The fourth-order valence-electron chi connectivity index (χ4n) is 4.66. The van der Waals surface area contributed by atoms with Crippen molar-refractivity contribution in [2.45, 2.75) is 64.5 Å². The predicted octanol–water partition coefficient (Wildman–Crippen LogP) is 4.93. The summed E-state index contributed by atoms with van der Waals surface area (Å²) in [4.78, 5) is 12.1. The van der Waals surface area contributed by atoms with Gasteiger partial charge in [0.1, 0.15) is 5.75 Å². The van der Waals surface area contributed by atoms with E-state index in [9.17, 15) is 9.90 Å². The topological polar surface area (TPSA) is 58.6 Å². The second-order valence-electron chi connectivity index (χ2n) is 7.77. The summed E-state index contributed by atoms with van der Waals surface area (Å²) in [7, 11) is 1.51. The van der Waals surface area contributed by atoms with Gasteiger partial charge in [-0.15, -0.1) is 0 Å². The van der Waals surface area contributed by atoms with E-state index in [2.05, 4.69) is 23.5 Å². The predicted molar refractivity (Wildman–Crippen MR) is 109 cm³/mol. The van der Waals surface area contributed by atoms with Gasteiger partial charge in [0.05, 0.1) is 12.5 Å². The van der Waals surface area contributed by atoms with E-state index < -0.39 is 0 Å². The second-order valence-corrected chi connectivity index (χ2v) is 7.77. The van der Waals surface area contributed by atoms with Crippen LogP contribution in [0.2, 0.25) is 0 Å². The molecule has 4 nitrogen and oxygen atoms in total. The normalized spacial score (nSPS) is 26.3. The van der Waals surface area contributed by atoms with Crippen LogP contribution in [0.3, 0.4) is 0 Å². The molecule has 0 atom stereocenters. The van der Waals surface area contributed by atoms with Crippen LogP contribution in [0, 0.1) is 5.41 Å². The third-order valence-corrected chi connectivity index (χ3v) is 6.42. The first-order chi connectivity index (χ1) is 13.0. The second kappa shape index (κ2) is 7.89. The lowest BCUT2D eigenvalue weighted by atomic mass is 9.57. The van der Waals surface area contributed by atoms with Crippen molar-refractivity contribution in [2.24, 2.45) is 5.41 Å². The molecule has 0 aromatic heterocycles. The van der Waals surface area contributed by atoms with Gasteiger partial charge in [0.15, 0.2) is 0 Å². The van der Waals surface area contributed by atoms with Crippen LogP contribution >= 0.6 is 0 Å². The monoisotopic (exact) mass is 369 g/mol. The Morgan fingerprint density at radius 1 is 1.00 bits per heavy atom. The Hall–Kier alpha value is -2.07. The molecule has 3 aliphatic rings. The summed E-state index contributed by atoms with van der Waals surface area (Å²) in [5, 5.41) is 15.6. The van der Waals surface area contributed by atoms with Gasteiger partial charge in [-0.05, 0) is 73.1 Å². The molecule has 27 heavy (non-hydrogen) atoms. The Morgan fingerprint density at radius 2 is 1.59 bits per heavy atom. The highest BCUT2D eigenvalue weighted by molar-refractivity contribution is 5.84. The first-order valence-electron chi connectivity index (χ1n) is 10.1. The van der Waals surface area contributed by atoms with E-state index in [0.29, 0.717) is 5.75 Å². The number of fused-ring (bicyclic) bond motifs is 4. The highest BCUT2D eigenvalue weighted by Gasteiger charge is 2.52. The van der Waals surface area contributed by atoms with Crippen LogP contribution in [-0.4, -0.2) is 23.7 Å². The molecule has 0 unspecified atom stereocenters. The van der Waals surface area contributed by atoms with E-state index in [0.717, 1.165) is 55.8 Å². The third kappa shape index (κ3) is 3.81. The maximum absolute atomic E-state index is 12.1. The van der Waals surface area contributed by atoms with Crippen LogP contribution in [0.5, 0.6) is 5.75 Å². The summed E-state index contributed by atoms with van der Waals surface area (Å²) in [6.07, 6.45) is 5.94. The van der Waals surface area contributed by atoms with Crippen LogP contribution < -0.4 is 5.32 Å². The number of carbonyl (C=O) groups excluding carboxylic acids is 1. The van der Waals surface area contributed by atoms with E-state index in [-0.39, 0.29) is 16.9 Å². The number of methoxy groups -OCH3 is 1. The Bertz CT molecular complexity index is 790. The molecule has 2 bridgehead atoms. The van der Waals surface area contributed by atoms with Crippen LogP contribution in [0.25, 0.3) is 10.8 Å². The van der Waals surface area contributed by atoms with Crippen LogP contribution in [0.4, 0.5) is 0 Å². The molecule has 0 saturated heterocycles. The molecule has 4 heteroatoms. The summed E-state index contributed by atoms with van der Waals surface area (Å²) in [6.45, 7) is 4.84. The average molecular weight is 370 g/mol. The highest BCUT2D eigenvalue weighted by Crippen LogP contribution is 2.52. The average Bonchev–Trinajstić information content (AvgIpc) is 2.74. The fourth-order valence-corrected chi connectivity index (χ4v) is 4.66. The summed E-state index contributed by atoms with van der Waals surface area (Å²) in [5.74, 6) is 0.286. The molecule has 146 valence electrons. The van der Waals surface area contributed by atoms with Gasteiger partial charge in [-0.3, -0.25) is 4.79 Å². The molecule has 2 aromatic carbocycles. The van der Waals surface area contributed by atoms with Gasteiger partial charge < -0.3 is 15.2 Å². The number of aromatic hydroxyl groups is 1. The summed E-state index contributed by atoms with van der Waals surface area (Å²) in [6, 6.07) is 11.8. The van der Waals surface area contributed by atoms with Crippen LogP contribution in [0.1, 0.15) is 57.9 Å². The van der Waals surface area contributed by atoms with Gasteiger partial charge >= 0.3 is 5.97 Å². The number of phenols is 1. The van der Waals surface area contributed by atoms with E-state index in [1.54, 1.807) is 12.1 Å². The fraction of sp³-hybridized carbons (Fsp3) is 0.522. The van der Waals surface area contributed by atoms with Crippen LogP contribution in [-0.2, 0) is 16.1 Å². The van der Waals surface area contributed by atoms with Gasteiger partial charge in [-0.2, -0.15) is 0 Å². The van der Waals surface area contributed by atoms with E-state index in [1.165, 1.54) is 12.7 Å². The van der Waals surface area contributed by atoms with E-state index in [4.69, 9.17) is 4.74 Å². The molecule has 3 saturated carbocycles. The molecule has 0 aliphatic heterocycles. The van der Waals surface area contributed by atoms with E-state index in [1.807, 2.05) is 19.9 Å². The zero-order valence-corrected chi connectivity index (χ0v) is 16.7. The van der Waals surface area contributed by atoms with Gasteiger partial charge in [-0.1, -0.05) is 32.0 Å². The zero-order chi connectivity index (χ0) is 19.5. The maximum Gasteiger partial charge on any atom is 0.311 e. The lowest BCUT2D eigenvalue weighted by Crippen LogP contribution is -2.56. The van der Waals surface area contributed by atoms with Crippen molar-refractivity contribution in [2.75, 3.05) is 7.11 Å². The molecule has 0 heterocycles. The molecule has 2 aromatic rings. The molecule has 0 radical (unpaired) electrons. The number of phenolic OH excluding ortho intramolecular Hbond substituents is 1. The lowest BCUT2D eigenvalue weighted by molar-refractivity contribution is -0.160. The number of benzene rings is 2. The van der Waals surface area contributed by atoms with E-state index >= 15 is 0 Å². The molecule has 5 rings (SSSR count). The minimum Gasteiger partial charge on any atom is -0.508 e. The van der Waals surface area contributed by atoms with Crippen molar-refractivity contribution in [3.8, 4) is 5.75 Å². The summed E-state index contributed by atoms with van der Waals surface area (Å²) < 4.78 is 5.04. The number of carbonyl (C=O) groups is 1. The standard InChI is InChI=1S/C21H25NO3.C2H6/c1-25-19(24)20-6-9-21(10-7-20,11-8-20)22-14-15-2-3-17-13-18(23)5-4-16(17)12-15;1-2/h2-5,12-13,22-23H,6-11,14H2,1H3;1-2H3. The zero-order valence-electron chi connectivity index (χ0n) is 16.7. The van der Waals surface area contributed by atoms with Gasteiger partial charge in [0.25, 0.3) is 0 Å². The molecule has 2 N–H and O–H groups in total. The Morgan fingerprint density at radius 3 is 2.22 bits per heavy atom. The minimum absolute atomic E-state index is 0.0152. The third-order valence-electron chi connectivity index (χ3n) is 6.42. The first kappa shape index (κ1) is 19.7. The molecular formula is C23H31NO3. The van der Waals surface area contributed by atoms with Crippen molar-refractivity contribution < 1.29 is 14.6 Å². The van der Waals surface area contributed by atoms with Crippen molar-refractivity contribution in [3.05, 3.63) is 42.0 Å². The Kier molecular flexibility index (Phi) is 5.75. The highest BCUT2D eigenvalue weighted by atomic mass is 16.5. The number of esters is 1. The molecule has 3 aliphatic carbocycles.